The lowest BCUT2D eigenvalue weighted by molar-refractivity contribution is 0.0589. The molecule has 2 heteroatoms. The van der Waals surface area contributed by atoms with Crippen molar-refractivity contribution in [3.63, 3.8) is 0 Å². The summed E-state index contributed by atoms with van der Waals surface area (Å²) in [4.78, 5) is 0. The standard InChI is InChI=1S/C17H25NO/c1-2-6-15-13-16(10-9-14(15)5-1)18-11-12-19-17-7-3-4-8-17/h1-2,5-6,16-18H,3-4,7-13H2. The predicted molar refractivity (Wildman–Crippen MR) is 78.5 cm³/mol. The Balaban J connectivity index is 1.37. The predicted octanol–water partition coefficient (Wildman–Crippen LogP) is 3.09. The molecule has 2 nitrogen and oxygen atoms in total. The van der Waals surface area contributed by atoms with Crippen LogP contribution < -0.4 is 5.32 Å². The van der Waals surface area contributed by atoms with Gasteiger partial charge in [0.2, 0.25) is 0 Å². The normalized spacial score (nSPS) is 23.5. The lowest BCUT2D eigenvalue weighted by atomic mass is 9.88. The van der Waals surface area contributed by atoms with Crippen molar-refractivity contribution in [2.75, 3.05) is 13.2 Å². The third-order valence-electron chi connectivity index (χ3n) is 4.54. The van der Waals surface area contributed by atoms with Crippen LogP contribution in [-0.2, 0) is 17.6 Å². The lowest BCUT2D eigenvalue weighted by Crippen LogP contribution is -2.37. The van der Waals surface area contributed by atoms with Crippen molar-refractivity contribution in [3.05, 3.63) is 35.4 Å². The average molecular weight is 259 g/mol. The van der Waals surface area contributed by atoms with Crippen LogP contribution in [0, 0.1) is 0 Å². The van der Waals surface area contributed by atoms with E-state index >= 15 is 0 Å². The van der Waals surface area contributed by atoms with Gasteiger partial charge >= 0.3 is 0 Å². The number of aryl methyl sites for hydroxylation is 1. The highest BCUT2D eigenvalue weighted by Gasteiger charge is 2.18. The van der Waals surface area contributed by atoms with Crippen LogP contribution in [0.5, 0.6) is 0 Å². The second-order valence-electron chi connectivity index (χ2n) is 5.94. The molecule has 1 N–H and O–H groups in total. The van der Waals surface area contributed by atoms with Crippen LogP contribution >= 0.6 is 0 Å². The average Bonchev–Trinajstić information content (AvgIpc) is 2.97. The molecule has 1 saturated carbocycles. The van der Waals surface area contributed by atoms with Crippen LogP contribution in [0.1, 0.15) is 43.2 Å². The van der Waals surface area contributed by atoms with E-state index in [4.69, 9.17) is 4.74 Å². The zero-order valence-electron chi connectivity index (χ0n) is 11.7. The van der Waals surface area contributed by atoms with Crippen LogP contribution in [0.25, 0.3) is 0 Å². The Morgan fingerprint density at radius 2 is 1.84 bits per heavy atom. The van der Waals surface area contributed by atoms with Gasteiger partial charge in [-0.15, -0.1) is 0 Å². The summed E-state index contributed by atoms with van der Waals surface area (Å²) in [5.74, 6) is 0. The van der Waals surface area contributed by atoms with Gasteiger partial charge in [0.05, 0.1) is 12.7 Å². The quantitative estimate of drug-likeness (QED) is 0.820. The fourth-order valence-corrected chi connectivity index (χ4v) is 3.42. The maximum absolute atomic E-state index is 5.90. The molecule has 3 rings (SSSR count). The molecule has 19 heavy (non-hydrogen) atoms. The van der Waals surface area contributed by atoms with Gasteiger partial charge in [0.25, 0.3) is 0 Å². The van der Waals surface area contributed by atoms with Gasteiger partial charge < -0.3 is 10.1 Å². The molecule has 1 aromatic rings. The van der Waals surface area contributed by atoms with Crippen molar-refractivity contribution in [1.82, 2.24) is 5.32 Å². The van der Waals surface area contributed by atoms with Crippen molar-refractivity contribution in [2.45, 2.75) is 57.1 Å². The van der Waals surface area contributed by atoms with Crippen LogP contribution in [0.4, 0.5) is 0 Å². The van der Waals surface area contributed by atoms with Crippen molar-refractivity contribution in [2.24, 2.45) is 0 Å². The van der Waals surface area contributed by atoms with Gasteiger partial charge in [-0.2, -0.15) is 0 Å². The smallest absolute Gasteiger partial charge is 0.0594 e. The van der Waals surface area contributed by atoms with E-state index in [1.54, 1.807) is 5.56 Å². The highest BCUT2D eigenvalue weighted by Crippen LogP contribution is 2.22. The topological polar surface area (TPSA) is 21.3 Å². The van der Waals surface area contributed by atoms with Gasteiger partial charge in [0.1, 0.15) is 0 Å². The summed E-state index contributed by atoms with van der Waals surface area (Å²) < 4.78 is 5.90. The molecule has 1 aromatic carbocycles. The molecule has 2 aliphatic carbocycles. The highest BCUT2D eigenvalue weighted by molar-refractivity contribution is 5.30. The van der Waals surface area contributed by atoms with Crippen LogP contribution in [0.2, 0.25) is 0 Å². The number of rotatable bonds is 5. The minimum atomic E-state index is 0.550. The maximum atomic E-state index is 5.90. The second-order valence-corrected chi connectivity index (χ2v) is 5.94. The van der Waals surface area contributed by atoms with Crippen molar-refractivity contribution in [3.8, 4) is 0 Å². The fourth-order valence-electron chi connectivity index (χ4n) is 3.42. The first-order valence-electron chi connectivity index (χ1n) is 7.83. The van der Waals surface area contributed by atoms with Gasteiger partial charge in [0, 0.05) is 12.6 Å². The van der Waals surface area contributed by atoms with Crippen molar-refractivity contribution >= 4 is 0 Å². The summed E-state index contributed by atoms with van der Waals surface area (Å²) in [7, 11) is 0. The molecule has 1 unspecified atom stereocenters. The number of nitrogens with one attached hydrogen (secondary N) is 1. The summed E-state index contributed by atoms with van der Waals surface area (Å²) in [6, 6.07) is 9.50. The molecule has 1 fully saturated rings. The zero-order chi connectivity index (χ0) is 12.9. The van der Waals surface area contributed by atoms with E-state index in [2.05, 4.69) is 29.6 Å². The van der Waals surface area contributed by atoms with Crippen LogP contribution in [-0.4, -0.2) is 25.3 Å². The Bertz CT molecular complexity index is 398. The van der Waals surface area contributed by atoms with E-state index in [0.717, 1.165) is 13.2 Å². The van der Waals surface area contributed by atoms with E-state index in [-0.39, 0.29) is 0 Å². The fraction of sp³-hybridized carbons (Fsp3) is 0.647. The number of ether oxygens (including phenoxy) is 1. The number of fused-ring (bicyclic) bond motifs is 1. The monoisotopic (exact) mass is 259 g/mol. The molecule has 0 aliphatic heterocycles. The Labute approximate surface area is 116 Å². The van der Waals surface area contributed by atoms with Gasteiger partial charge in [-0.1, -0.05) is 37.1 Å². The minimum Gasteiger partial charge on any atom is -0.377 e. The SMILES string of the molecule is c1ccc2c(c1)CCC(NCCOC1CCCC1)C2. The molecular weight excluding hydrogens is 234 g/mol. The molecule has 0 bridgehead atoms. The molecular formula is C17H25NO. The molecule has 1 atom stereocenters. The third-order valence-corrected chi connectivity index (χ3v) is 4.54. The van der Waals surface area contributed by atoms with E-state index in [0.29, 0.717) is 12.1 Å². The summed E-state index contributed by atoms with van der Waals surface area (Å²) >= 11 is 0. The summed E-state index contributed by atoms with van der Waals surface area (Å²) in [5.41, 5.74) is 3.07. The Morgan fingerprint density at radius 3 is 2.68 bits per heavy atom. The van der Waals surface area contributed by atoms with Crippen molar-refractivity contribution < 1.29 is 4.74 Å². The first-order valence-corrected chi connectivity index (χ1v) is 7.83. The minimum absolute atomic E-state index is 0.550. The first kappa shape index (κ1) is 13.1. The maximum Gasteiger partial charge on any atom is 0.0594 e. The van der Waals surface area contributed by atoms with E-state index in [1.165, 1.54) is 50.5 Å². The largest absolute Gasteiger partial charge is 0.377 e. The van der Waals surface area contributed by atoms with E-state index in [9.17, 15) is 0 Å². The summed E-state index contributed by atoms with van der Waals surface area (Å²) in [6.07, 6.45) is 9.48. The highest BCUT2D eigenvalue weighted by atomic mass is 16.5. The lowest BCUT2D eigenvalue weighted by Gasteiger charge is -2.25. The Kier molecular flexibility index (Phi) is 4.52. The zero-order valence-corrected chi connectivity index (χ0v) is 11.7. The van der Waals surface area contributed by atoms with Crippen LogP contribution in [0.15, 0.2) is 24.3 Å². The van der Waals surface area contributed by atoms with Gasteiger partial charge in [-0.25, -0.2) is 0 Å². The van der Waals surface area contributed by atoms with Gasteiger partial charge in [-0.3, -0.25) is 0 Å². The van der Waals surface area contributed by atoms with Crippen molar-refractivity contribution in [1.29, 1.82) is 0 Å². The summed E-state index contributed by atoms with van der Waals surface area (Å²) in [6.45, 7) is 1.88. The van der Waals surface area contributed by atoms with Crippen LogP contribution in [0.3, 0.4) is 0 Å². The van der Waals surface area contributed by atoms with E-state index in [1.807, 2.05) is 0 Å². The third kappa shape index (κ3) is 3.58. The van der Waals surface area contributed by atoms with Gasteiger partial charge in [0.15, 0.2) is 0 Å². The summed E-state index contributed by atoms with van der Waals surface area (Å²) in [5, 5.41) is 3.66. The molecule has 0 aromatic heterocycles. The molecule has 0 heterocycles. The van der Waals surface area contributed by atoms with E-state index < -0.39 is 0 Å². The second kappa shape index (κ2) is 6.53. The number of hydrogen-bond acceptors (Lipinski definition) is 2. The van der Waals surface area contributed by atoms with Gasteiger partial charge in [-0.05, 0) is 43.2 Å². The molecule has 0 saturated heterocycles. The molecule has 0 amide bonds. The Hall–Kier alpha value is -0.860. The first-order chi connectivity index (χ1) is 9.42. The number of benzene rings is 1. The Morgan fingerprint density at radius 1 is 1.05 bits per heavy atom. The molecule has 104 valence electrons. The molecule has 0 radical (unpaired) electrons. The molecule has 2 aliphatic rings. The number of hydrogen-bond donors (Lipinski definition) is 1. The molecule has 0 spiro atoms.